The van der Waals surface area contributed by atoms with E-state index in [0.29, 0.717) is 6.54 Å². The predicted molar refractivity (Wildman–Crippen MR) is 57.5 cm³/mol. The average molecular weight is 211 g/mol. The van der Waals surface area contributed by atoms with Gasteiger partial charge in [-0.3, -0.25) is 5.32 Å². The molecular formula is C11H17NO3. The molecule has 0 heterocycles. The molecule has 3 N–H and O–H groups in total. The second-order valence-corrected chi connectivity index (χ2v) is 3.41. The maximum atomic E-state index is 9.30. The Kier molecular flexibility index (Phi) is 4.55. The minimum absolute atomic E-state index is 0.510. The van der Waals surface area contributed by atoms with Crippen LogP contribution >= 0.6 is 0 Å². The maximum absolute atomic E-state index is 9.30. The minimum Gasteiger partial charge on any atom is -0.497 e. The predicted octanol–water partition coefficient (Wildman–Crippen LogP) is 0.484. The normalized spacial score (nSPS) is 14.7. The van der Waals surface area contributed by atoms with Crippen molar-refractivity contribution >= 4 is 0 Å². The summed E-state index contributed by atoms with van der Waals surface area (Å²) in [6, 6.07) is 7.51. The Labute approximate surface area is 89.5 Å². The van der Waals surface area contributed by atoms with Crippen LogP contribution in [0.5, 0.6) is 5.75 Å². The molecule has 0 bridgehead atoms. The molecule has 0 spiro atoms. The van der Waals surface area contributed by atoms with Gasteiger partial charge in [0.05, 0.1) is 13.2 Å². The van der Waals surface area contributed by atoms with Gasteiger partial charge in [-0.2, -0.15) is 0 Å². The Balaban J connectivity index is 2.44. The van der Waals surface area contributed by atoms with Crippen LogP contribution in [0.2, 0.25) is 0 Å². The molecule has 0 saturated carbocycles. The van der Waals surface area contributed by atoms with Gasteiger partial charge in [0.2, 0.25) is 0 Å². The molecular weight excluding hydrogens is 194 g/mol. The number of ether oxygens (including phenoxy) is 1. The van der Waals surface area contributed by atoms with Crippen molar-refractivity contribution in [3.63, 3.8) is 0 Å². The third-order valence-electron chi connectivity index (χ3n) is 2.13. The van der Waals surface area contributed by atoms with Crippen LogP contribution in [0.1, 0.15) is 12.5 Å². The molecule has 0 aliphatic rings. The zero-order valence-corrected chi connectivity index (χ0v) is 8.97. The number of aliphatic hydroxyl groups is 2. The number of benzene rings is 1. The molecule has 1 aromatic carbocycles. The molecule has 0 aliphatic heterocycles. The van der Waals surface area contributed by atoms with Crippen LogP contribution in [0.15, 0.2) is 24.3 Å². The Morgan fingerprint density at radius 2 is 1.87 bits per heavy atom. The number of nitrogens with one attached hydrogen (secondary N) is 1. The Hall–Kier alpha value is -1.10. The van der Waals surface area contributed by atoms with Gasteiger partial charge in [-0.25, -0.2) is 0 Å². The molecule has 1 aromatic rings. The highest BCUT2D eigenvalue weighted by Crippen LogP contribution is 2.11. The van der Waals surface area contributed by atoms with E-state index in [9.17, 15) is 5.11 Å². The SMILES string of the molecule is COc1ccc(CN[C@@H](O)C(C)O)cc1. The van der Waals surface area contributed by atoms with Crippen LogP contribution in [0.3, 0.4) is 0 Å². The quantitative estimate of drug-likeness (QED) is 0.620. The monoisotopic (exact) mass is 211 g/mol. The first-order valence-electron chi connectivity index (χ1n) is 4.86. The number of hydrogen-bond acceptors (Lipinski definition) is 4. The van der Waals surface area contributed by atoms with Crippen molar-refractivity contribution in [2.75, 3.05) is 7.11 Å². The van der Waals surface area contributed by atoms with Crippen molar-refractivity contribution < 1.29 is 14.9 Å². The highest BCUT2D eigenvalue weighted by atomic mass is 16.5. The van der Waals surface area contributed by atoms with Crippen LogP contribution in [0.25, 0.3) is 0 Å². The van der Waals surface area contributed by atoms with E-state index in [4.69, 9.17) is 9.84 Å². The number of rotatable bonds is 5. The van der Waals surface area contributed by atoms with Gasteiger partial charge in [0, 0.05) is 6.54 Å². The molecule has 15 heavy (non-hydrogen) atoms. The van der Waals surface area contributed by atoms with Gasteiger partial charge < -0.3 is 14.9 Å². The van der Waals surface area contributed by atoms with Crippen LogP contribution in [-0.4, -0.2) is 29.7 Å². The van der Waals surface area contributed by atoms with Gasteiger partial charge >= 0.3 is 0 Å². The molecule has 2 atom stereocenters. The van der Waals surface area contributed by atoms with Gasteiger partial charge in [-0.15, -0.1) is 0 Å². The molecule has 0 saturated heterocycles. The van der Waals surface area contributed by atoms with Crippen LogP contribution in [0, 0.1) is 0 Å². The Morgan fingerprint density at radius 3 is 2.33 bits per heavy atom. The zero-order valence-electron chi connectivity index (χ0n) is 8.97. The largest absolute Gasteiger partial charge is 0.497 e. The van der Waals surface area contributed by atoms with Crippen molar-refractivity contribution in [1.82, 2.24) is 5.32 Å². The highest BCUT2D eigenvalue weighted by molar-refractivity contribution is 5.26. The molecule has 1 rings (SSSR count). The summed E-state index contributed by atoms with van der Waals surface area (Å²) in [6.45, 7) is 2.04. The van der Waals surface area contributed by atoms with Crippen molar-refractivity contribution in [2.24, 2.45) is 0 Å². The van der Waals surface area contributed by atoms with Gasteiger partial charge in [0.15, 0.2) is 0 Å². The van der Waals surface area contributed by atoms with E-state index in [0.717, 1.165) is 11.3 Å². The standard InChI is InChI=1S/C11H17NO3/c1-8(13)11(14)12-7-9-3-5-10(15-2)6-4-9/h3-6,8,11-14H,7H2,1-2H3/t8?,11-/m0/s1. The summed E-state index contributed by atoms with van der Waals surface area (Å²) < 4.78 is 5.02. The van der Waals surface area contributed by atoms with E-state index in [2.05, 4.69) is 5.32 Å². The molecule has 4 nitrogen and oxygen atoms in total. The summed E-state index contributed by atoms with van der Waals surface area (Å²) in [4.78, 5) is 0. The Bertz CT molecular complexity index is 284. The summed E-state index contributed by atoms with van der Waals surface area (Å²) in [7, 11) is 1.62. The minimum atomic E-state index is -0.896. The lowest BCUT2D eigenvalue weighted by atomic mass is 10.2. The maximum Gasteiger partial charge on any atom is 0.131 e. The third-order valence-corrected chi connectivity index (χ3v) is 2.13. The first-order valence-corrected chi connectivity index (χ1v) is 4.86. The van der Waals surface area contributed by atoms with E-state index in [1.165, 1.54) is 6.92 Å². The molecule has 84 valence electrons. The fraction of sp³-hybridized carbons (Fsp3) is 0.455. The van der Waals surface area contributed by atoms with E-state index in [1.807, 2.05) is 24.3 Å². The zero-order chi connectivity index (χ0) is 11.3. The van der Waals surface area contributed by atoms with Crippen molar-refractivity contribution in [2.45, 2.75) is 25.8 Å². The van der Waals surface area contributed by atoms with Crippen molar-refractivity contribution in [3.8, 4) is 5.75 Å². The first-order chi connectivity index (χ1) is 7.13. The first kappa shape index (κ1) is 12.0. The third kappa shape index (κ3) is 3.87. The molecule has 4 heteroatoms. The van der Waals surface area contributed by atoms with E-state index < -0.39 is 12.3 Å². The lowest BCUT2D eigenvalue weighted by molar-refractivity contribution is 0.00811. The molecule has 0 aliphatic carbocycles. The van der Waals surface area contributed by atoms with Crippen molar-refractivity contribution in [3.05, 3.63) is 29.8 Å². The summed E-state index contributed by atoms with van der Waals surface area (Å²) in [5, 5.41) is 21.2. The van der Waals surface area contributed by atoms with Crippen LogP contribution in [-0.2, 0) is 6.54 Å². The van der Waals surface area contributed by atoms with E-state index in [1.54, 1.807) is 7.11 Å². The van der Waals surface area contributed by atoms with E-state index >= 15 is 0 Å². The van der Waals surface area contributed by atoms with Gasteiger partial charge in [-0.05, 0) is 24.6 Å². The summed E-state index contributed by atoms with van der Waals surface area (Å²) in [6.07, 6.45) is -1.67. The Morgan fingerprint density at radius 1 is 1.27 bits per heavy atom. The fourth-order valence-corrected chi connectivity index (χ4v) is 1.14. The molecule has 0 fully saturated rings. The van der Waals surface area contributed by atoms with Crippen molar-refractivity contribution in [1.29, 1.82) is 0 Å². The summed E-state index contributed by atoms with van der Waals surface area (Å²) >= 11 is 0. The number of aliphatic hydroxyl groups excluding tert-OH is 2. The second kappa shape index (κ2) is 5.70. The highest BCUT2D eigenvalue weighted by Gasteiger charge is 2.08. The topological polar surface area (TPSA) is 61.7 Å². The average Bonchev–Trinajstić information content (AvgIpc) is 2.26. The lowest BCUT2D eigenvalue weighted by Crippen LogP contribution is -2.37. The molecule has 0 aromatic heterocycles. The molecule has 1 unspecified atom stereocenters. The number of hydrogen-bond donors (Lipinski definition) is 3. The number of methoxy groups -OCH3 is 1. The molecule has 0 radical (unpaired) electrons. The molecule has 0 amide bonds. The van der Waals surface area contributed by atoms with E-state index in [-0.39, 0.29) is 0 Å². The summed E-state index contributed by atoms with van der Waals surface area (Å²) in [5.74, 6) is 0.801. The van der Waals surface area contributed by atoms with Gasteiger partial charge in [0.1, 0.15) is 12.0 Å². The lowest BCUT2D eigenvalue weighted by Gasteiger charge is -2.15. The van der Waals surface area contributed by atoms with Crippen LogP contribution in [0.4, 0.5) is 0 Å². The smallest absolute Gasteiger partial charge is 0.131 e. The second-order valence-electron chi connectivity index (χ2n) is 3.41. The van der Waals surface area contributed by atoms with Gasteiger partial charge in [0.25, 0.3) is 0 Å². The summed E-state index contributed by atoms with van der Waals surface area (Å²) in [5.41, 5.74) is 1.02. The van der Waals surface area contributed by atoms with Crippen LogP contribution < -0.4 is 10.1 Å². The fourth-order valence-electron chi connectivity index (χ4n) is 1.14. The van der Waals surface area contributed by atoms with Gasteiger partial charge in [-0.1, -0.05) is 12.1 Å².